The number of pyridine rings is 1. The van der Waals surface area contributed by atoms with Crippen molar-refractivity contribution in [1.29, 1.82) is 0 Å². The summed E-state index contributed by atoms with van der Waals surface area (Å²) >= 11 is -0.0827. The van der Waals surface area contributed by atoms with Crippen LogP contribution >= 0.6 is 0 Å². The first kappa shape index (κ1) is 9.24. The fraction of sp³-hybridized carbons (Fsp3) is 0.364. The molecule has 0 radical (unpaired) electrons. The van der Waals surface area contributed by atoms with Crippen LogP contribution in [0.1, 0.15) is 26.3 Å². The summed E-state index contributed by atoms with van der Waals surface area (Å²) in [6.07, 6.45) is 1.93. The minimum atomic E-state index is -0.0827. The van der Waals surface area contributed by atoms with Gasteiger partial charge in [-0.05, 0) is 0 Å². The first-order chi connectivity index (χ1) is 6.09. The average Bonchev–Trinajstić information content (AvgIpc) is 2.48. The predicted octanol–water partition coefficient (Wildman–Crippen LogP) is 2.59. The van der Waals surface area contributed by atoms with Crippen LogP contribution in [0.25, 0.3) is 8.92 Å². The fourth-order valence-corrected chi connectivity index (χ4v) is 4.53. The third-order valence-corrected chi connectivity index (χ3v) is 4.83. The van der Waals surface area contributed by atoms with Gasteiger partial charge >= 0.3 is 88.5 Å². The van der Waals surface area contributed by atoms with Gasteiger partial charge in [0.1, 0.15) is 0 Å². The molecule has 2 heteroatoms. The van der Waals surface area contributed by atoms with Crippen LogP contribution in [0.5, 0.6) is 0 Å². The number of hydrogen-bond acceptors (Lipinski definition) is 1. The van der Waals surface area contributed by atoms with Crippen LogP contribution in [0.4, 0.5) is 0 Å². The molecule has 0 fully saturated rings. The average molecular weight is 287 g/mol. The quantitative estimate of drug-likeness (QED) is 0.679. The van der Waals surface area contributed by atoms with Crippen LogP contribution in [-0.2, 0) is 5.41 Å². The molecule has 1 nitrogen and oxygen atoms in total. The molecule has 0 amide bonds. The van der Waals surface area contributed by atoms with E-state index in [2.05, 4.69) is 42.0 Å². The van der Waals surface area contributed by atoms with Crippen LogP contribution in [0, 0.1) is 0 Å². The normalized spacial score (nSPS) is 12.2. The minimum absolute atomic E-state index is 0.0827. The van der Waals surface area contributed by atoms with Gasteiger partial charge in [-0.15, -0.1) is 0 Å². The molecule has 2 rings (SSSR count). The van der Waals surface area contributed by atoms with E-state index >= 15 is 0 Å². The fourth-order valence-electron chi connectivity index (χ4n) is 1.46. The van der Waals surface area contributed by atoms with Crippen LogP contribution in [0.15, 0.2) is 22.4 Å². The Hall–Kier alpha value is -0.320. The summed E-state index contributed by atoms with van der Waals surface area (Å²) in [5.74, 6) is 0. The SMILES string of the molecule is CC(C)(C)c1ccnc2cc[te]c12. The number of rotatable bonds is 0. The number of nitrogens with zero attached hydrogens (tertiary/aromatic N) is 1. The summed E-state index contributed by atoms with van der Waals surface area (Å²) in [6.45, 7) is 6.82. The molecular formula is C11H13NTe. The third kappa shape index (κ3) is 1.66. The molecule has 0 saturated carbocycles. The van der Waals surface area contributed by atoms with Crippen molar-refractivity contribution >= 4 is 29.3 Å². The van der Waals surface area contributed by atoms with Gasteiger partial charge in [0.05, 0.1) is 0 Å². The van der Waals surface area contributed by atoms with Gasteiger partial charge in [-0.3, -0.25) is 0 Å². The molecule has 0 aliphatic heterocycles. The Morgan fingerprint density at radius 2 is 2.00 bits per heavy atom. The molecule has 0 spiro atoms. The Bertz CT molecular complexity index is 423. The Morgan fingerprint density at radius 1 is 1.23 bits per heavy atom. The summed E-state index contributed by atoms with van der Waals surface area (Å²) in [6, 6.07) is 4.35. The summed E-state index contributed by atoms with van der Waals surface area (Å²) in [7, 11) is 0. The van der Waals surface area contributed by atoms with E-state index in [1.807, 2.05) is 6.20 Å². The van der Waals surface area contributed by atoms with Crippen molar-refractivity contribution in [3.63, 3.8) is 0 Å². The van der Waals surface area contributed by atoms with Crippen molar-refractivity contribution in [3.05, 3.63) is 28.0 Å². The molecule has 0 atom stereocenters. The summed E-state index contributed by atoms with van der Waals surface area (Å²) in [4.78, 5) is 4.38. The summed E-state index contributed by atoms with van der Waals surface area (Å²) < 4.78 is 3.86. The van der Waals surface area contributed by atoms with E-state index in [9.17, 15) is 0 Å². The molecular weight excluding hydrogens is 274 g/mol. The van der Waals surface area contributed by atoms with Crippen molar-refractivity contribution in [2.75, 3.05) is 0 Å². The van der Waals surface area contributed by atoms with E-state index in [4.69, 9.17) is 0 Å². The molecule has 2 aromatic rings. The number of hydrogen-bond donors (Lipinski definition) is 0. The van der Waals surface area contributed by atoms with Crippen LogP contribution < -0.4 is 0 Å². The van der Waals surface area contributed by atoms with Crippen LogP contribution in [0.3, 0.4) is 0 Å². The standard InChI is InChI=1S/C11H13NTe/c1-11(2,3)8-4-6-12-9-5-7-13-10(8)9/h4-7H,1-3H3. The van der Waals surface area contributed by atoms with Gasteiger partial charge in [0.2, 0.25) is 0 Å². The molecule has 0 aliphatic rings. The first-order valence-corrected chi connectivity index (χ1v) is 6.93. The Labute approximate surface area is 88.4 Å². The molecule has 0 aromatic carbocycles. The van der Waals surface area contributed by atoms with Gasteiger partial charge in [0.25, 0.3) is 0 Å². The van der Waals surface area contributed by atoms with Gasteiger partial charge in [0, 0.05) is 0 Å². The van der Waals surface area contributed by atoms with Gasteiger partial charge in [0.15, 0.2) is 0 Å². The second kappa shape index (κ2) is 3.11. The zero-order valence-electron chi connectivity index (χ0n) is 8.16. The van der Waals surface area contributed by atoms with E-state index in [1.54, 1.807) is 3.40 Å². The van der Waals surface area contributed by atoms with Crippen molar-refractivity contribution in [3.8, 4) is 0 Å². The predicted molar refractivity (Wildman–Crippen MR) is 57.4 cm³/mol. The van der Waals surface area contributed by atoms with E-state index in [0.29, 0.717) is 0 Å². The van der Waals surface area contributed by atoms with Crippen molar-refractivity contribution in [2.24, 2.45) is 0 Å². The first-order valence-electron chi connectivity index (χ1n) is 4.42. The molecule has 0 unspecified atom stereocenters. The van der Waals surface area contributed by atoms with E-state index < -0.39 is 0 Å². The molecule has 0 bridgehead atoms. The van der Waals surface area contributed by atoms with Gasteiger partial charge in [-0.2, -0.15) is 0 Å². The maximum absolute atomic E-state index is 4.38. The molecule has 2 heterocycles. The molecule has 2 aromatic heterocycles. The maximum atomic E-state index is 4.38. The summed E-state index contributed by atoms with van der Waals surface area (Å²) in [5, 5.41) is 0. The van der Waals surface area contributed by atoms with Crippen molar-refractivity contribution < 1.29 is 0 Å². The number of aromatic nitrogens is 1. The van der Waals surface area contributed by atoms with E-state index in [0.717, 1.165) is 0 Å². The van der Waals surface area contributed by atoms with Crippen molar-refractivity contribution in [2.45, 2.75) is 26.2 Å². The molecule has 68 valence electrons. The zero-order valence-corrected chi connectivity index (χ0v) is 10.5. The molecule has 0 saturated heterocycles. The third-order valence-electron chi connectivity index (χ3n) is 2.15. The Kier molecular flexibility index (Phi) is 2.21. The van der Waals surface area contributed by atoms with Gasteiger partial charge in [-0.1, -0.05) is 0 Å². The van der Waals surface area contributed by atoms with E-state index in [1.165, 1.54) is 11.1 Å². The van der Waals surface area contributed by atoms with Crippen molar-refractivity contribution in [1.82, 2.24) is 4.98 Å². The molecule has 13 heavy (non-hydrogen) atoms. The monoisotopic (exact) mass is 289 g/mol. The summed E-state index contributed by atoms with van der Waals surface area (Å²) in [5.41, 5.74) is 2.98. The Morgan fingerprint density at radius 3 is 2.69 bits per heavy atom. The van der Waals surface area contributed by atoms with Crippen LogP contribution in [-0.4, -0.2) is 25.4 Å². The zero-order chi connectivity index (χ0) is 9.47. The number of fused-ring (bicyclic) bond motifs is 1. The van der Waals surface area contributed by atoms with Gasteiger partial charge < -0.3 is 0 Å². The van der Waals surface area contributed by atoms with E-state index in [-0.39, 0.29) is 25.8 Å². The molecule has 0 aliphatic carbocycles. The van der Waals surface area contributed by atoms with Gasteiger partial charge in [-0.25, -0.2) is 0 Å². The van der Waals surface area contributed by atoms with Crippen LogP contribution in [0.2, 0.25) is 0 Å². The second-order valence-corrected chi connectivity index (χ2v) is 6.86. The Balaban J connectivity index is 2.75. The molecule has 0 N–H and O–H groups in total. The topological polar surface area (TPSA) is 12.9 Å². The second-order valence-electron chi connectivity index (χ2n) is 4.24.